The molecule has 0 rings (SSSR count). The van der Waals surface area contributed by atoms with E-state index in [2.05, 4.69) is 53.8 Å². The molecule has 0 fully saturated rings. The van der Waals surface area contributed by atoms with Crippen LogP contribution >= 0.6 is 0 Å². The van der Waals surface area contributed by atoms with Crippen molar-refractivity contribution in [2.45, 2.75) is 85.2 Å². The highest BCUT2D eigenvalue weighted by atomic mass is 28.4. The minimum Gasteiger partial charge on any atom is -0.410 e. The van der Waals surface area contributed by atoms with Crippen molar-refractivity contribution in [2.75, 3.05) is 6.61 Å². The molecule has 0 aliphatic heterocycles. The van der Waals surface area contributed by atoms with Crippen LogP contribution in [0.1, 0.15) is 54.9 Å². The predicted molar refractivity (Wildman–Crippen MR) is 102 cm³/mol. The lowest BCUT2D eigenvalue weighted by Crippen LogP contribution is -2.47. The van der Waals surface area contributed by atoms with Crippen molar-refractivity contribution >= 4 is 8.32 Å². The molecular weight excluding hydrogens is 304 g/mol. The fourth-order valence-electron chi connectivity index (χ4n) is 2.08. The maximum absolute atomic E-state index is 10.6. The summed E-state index contributed by atoms with van der Waals surface area (Å²) in [5.41, 5.74) is 2.06. The Morgan fingerprint density at radius 1 is 1.22 bits per heavy atom. The van der Waals surface area contributed by atoms with Crippen LogP contribution in [0, 0.1) is 5.92 Å². The van der Waals surface area contributed by atoms with Crippen molar-refractivity contribution in [3.05, 3.63) is 23.3 Å². The summed E-state index contributed by atoms with van der Waals surface area (Å²) >= 11 is 0. The normalized spacial score (nSPS) is 18.7. The molecule has 0 aromatic heterocycles. The van der Waals surface area contributed by atoms with Crippen LogP contribution in [-0.2, 0) is 4.43 Å². The standard InChI is InChI=1S/C19H38O3Si/c1-10-15(3)18(22-23(8,9)19(5,6)7)16(4)17(21)12-11-14(2)13-20/h10-11,16-18,20-21H,12-13H2,1-9H3/b14-11+,15-10+/t16-,17+,18-/m1/s1. The molecule has 0 bridgehead atoms. The Morgan fingerprint density at radius 2 is 1.74 bits per heavy atom. The fourth-order valence-corrected chi connectivity index (χ4v) is 3.47. The Kier molecular flexibility index (Phi) is 8.99. The highest BCUT2D eigenvalue weighted by Crippen LogP contribution is 2.39. The summed E-state index contributed by atoms with van der Waals surface area (Å²) in [7, 11) is -1.91. The molecule has 23 heavy (non-hydrogen) atoms. The lowest BCUT2D eigenvalue weighted by Gasteiger charge is -2.42. The summed E-state index contributed by atoms with van der Waals surface area (Å²) in [6, 6.07) is 0. The van der Waals surface area contributed by atoms with Crippen LogP contribution in [-0.4, -0.2) is 37.3 Å². The fraction of sp³-hybridized carbons (Fsp3) is 0.789. The van der Waals surface area contributed by atoms with E-state index in [4.69, 9.17) is 9.53 Å². The van der Waals surface area contributed by atoms with Gasteiger partial charge in [0.1, 0.15) is 0 Å². The predicted octanol–water partition coefficient (Wildman–Crippen LogP) is 4.67. The van der Waals surface area contributed by atoms with Crippen LogP contribution in [0.2, 0.25) is 18.1 Å². The second-order valence-corrected chi connectivity index (χ2v) is 13.0. The van der Waals surface area contributed by atoms with Crippen molar-refractivity contribution < 1.29 is 14.6 Å². The molecule has 0 amide bonds. The molecule has 2 N–H and O–H groups in total. The van der Waals surface area contributed by atoms with Gasteiger partial charge in [-0.05, 0) is 50.9 Å². The number of hydrogen-bond donors (Lipinski definition) is 2. The van der Waals surface area contributed by atoms with Gasteiger partial charge in [0.25, 0.3) is 0 Å². The van der Waals surface area contributed by atoms with Gasteiger partial charge >= 0.3 is 0 Å². The van der Waals surface area contributed by atoms with Gasteiger partial charge in [-0.3, -0.25) is 0 Å². The Balaban J connectivity index is 5.26. The molecule has 0 aromatic rings. The molecule has 4 heteroatoms. The van der Waals surface area contributed by atoms with Gasteiger partial charge < -0.3 is 14.6 Å². The van der Waals surface area contributed by atoms with Crippen LogP contribution in [0.5, 0.6) is 0 Å². The van der Waals surface area contributed by atoms with Gasteiger partial charge in [0.15, 0.2) is 8.32 Å². The molecule has 3 nitrogen and oxygen atoms in total. The van der Waals surface area contributed by atoms with E-state index in [0.717, 1.165) is 5.57 Å². The van der Waals surface area contributed by atoms with Crippen LogP contribution in [0.25, 0.3) is 0 Å². The minimum atomic E-state index is -1.91. The first-order chi connectivity index (χ1) is 10.4. The lowest BCUT2D eigenvalue weighted by atomic mass is 9.91. The van der Waals surface area contributed by atoms with Crippen molar-refractivity contribution in [2.24, 2.45) is 5.92 Å². The van der Waals surface area contributed by atoms with E-state index in [1.807, 2.05) is 19.9 Å². The maximum Gasteiger partial charge on any atom is 0.192 e. The Morgan fingerprint density at radius 3 is 2.13 bits per heavy atom. The molecule has 136 valence electrons. The summed E-state index contributed by atoms with van der Waals surface area (Å²) in [6.07, 6.45) is 3.98. The second kappa shape index (κ2) is 9.16. The second-order valence-electron chi connectivity index (χ2n) is 8.20. The summed E-state index contributed by atoms with van der Waals surface area (Å²) in [5.74, 6) is 0.00284. The van der Waals surface area contributed by atoms with E-state index in [-0.39, 0.29) is 23.7 Å². The molecule has 0 saturated carbocycles. The molecule has 0 radical (unpaired) electrons. The van der Waals surface area contributed by atoms with E-state index in [0.29, 0.717) is 6.42 Å². The van der Waals surface area contributed by atoms with Gasteiger partial charge in [-0.25, -0.2) is 0 Å². The first-order valence-corrected chi connectivity index (χ1v) is 11.5. The molecule has 0 heterocycles. The molecule has 0 aliphatic carbocycles. The zero-order valence-electron chi connectivity index (χ0n) is 16.6. The molecule has 0 aliphatic rings. The zero-order chi connectivity index (χ0) is 18.4. The summed E-state index contributed by atoms with van der Waals surface area (Å²) in [6.45, 7) is 19.3. The highest BCUT2D eigenvalue weighted by Gasteiger charge is 2.41. The molecule has 3 atom stereocenters. The van der Waals surface area contributed by atoms with E-state index >= 15 is 0 Å². The lowest BCUT2D eigenvalue weighted by molar-refractivity contribution is 0.0467. The summed E-state index contributed by atoms with van der Waals surface area (Å²) in [4.78, 5) is 0. The third-order valence-corrected chi connectivity index (χ3v) is 9.63. The van der Waals surface area contributed by atoms with E-state index in [1.165, 1.54) is 5.57 Å². The molecular formula is C19H38O3Si. The van der Waals surface area contributed by atoms with Gasteiger partial charge in [0.05, 0.1) is 18.8 Å². The first kappa shape index (κ1) is 22.6. The van der Waals surface area contributed by atoms with E-state index in [1.54, 1.807) is 0 Å². The summed E-state index contributed by atoms with van der Waals surface area (Å²) < 4.78 is 6.61. The number of aliphatic hydroxyl groups excluding tert-OH is 2. The molecule has 0 unspecified atom stereocenters. The van der Waals surface area contributed by atoms with E-state index < -0.39 is 14.4 Å². The van der Waals surface area contributed by atoms with Gasteiger partial charge in [-0.1, -0.05) is 45.4 Å². The van der Waals surface area contributed by atoms with Crippen molar-refractivity contribution in [3.63, 3.8) is 0 Å². The third kappa shape index (κ3) is 6.92. The molecule has 0 aromatic carbocycles. The number of allylic oxidation sites excluding steroid dienone is 1. The van der Waals surface area contributed by atoms with Crippen LogP contribution in [0.3, 0.4) is 0 Å². The first-order valence-electron chi connectivity index (χ1n) is 8.62. The average molecular weight is 343 g/mol. The van der Waals surface area contributed by atoms with Crippen LogP contribution < -0.4 is 0 Å². The van der Waals surface area contributed by atoms with Crippen LogP contribution in [0.15, 0.2) is 23.3 Å². The number of hydrogen-bond acceptors (Lipinski definition) is 3. The van der Waals surface area contributed by atoms with Gasteiger partial charge in [-0.2, -0.15) is 0 Å². The van der Waals surface area contributed by atoms with Gasteiger partial charge in [0, 0.05) is 5.92 Å². The highest BCUT2D eigenvalue weighted by molar-refractivity contribution is 6.74. The molecule has 0 saturated heterocycles. The Bertz CT molecular complexity index is 419. The Labute approximate surface area is 144 Å². The Hall–Kier alpha value is -0.423. The van der Waals surface area contributed by atoms with Gasteiger partial charge in [-0.15, -0.1) is 0 Å². The van der Waals surface area contributed by atoms with E-state index in [9.17, 15) is 5.11 Å². The quantitative estimate of drug-likeness (QED) is 0.498. The monoisotopic (exact) mass is 342 g/mol. The largest absolute Gasteiger partial charge is 0.410 e. The maximum atomic E-state index is 10.6. The number of rotatable bonds is 8. The smallest absolute Gasteiger partial charge is 0.192 e. The SMILES string of the molecule is C/C=C(\C)[C@@H](O[Si](C)(C)C(C)(C)C)[C@H](C)[C@@H](O)C/C=C(\C)CO. The zero-order valence-corrected chi connectivity index (χ0v) is 17.6. The summed E-state index contributed by atoms with van der Waals surface area (Å²) in [5, 5.41) is 19.8. The molecule has 0 spiro atoms. The van der Waals surface area contributed by atoms with Crippen molar-refractivity contribution in [3.8, 4) is 0 Å². The third-order valence-electron chi connectivity index (χ3n) is 5.17. The van der Waals surface area contributed by atoms with Gasteiger partial charge in [0.2, 0.25) is 0 Å². The van der Waals surface area contributed by atoms with Crippen molar-refractivity contribution in [1.82, 2.24) is 0 Å². The minimum absolute atomic E-state index is 0.00284. The van der Waals surface area contributed by atoms with Crippen molar-refractivity contribution in [1.29, 1.82) is 0 Å². The average Bonchev–Trinajstić information content (AvgIpc) is 2.47. The van der Waals surface area contributed by atoms with Crippen LogP contribution in [0.4, 0.5) is 0 Å². The number of aliphatic hydroxyl groups is 2. The topological polar surface area (TPSA) is 49.7 Å².